The summed E-state index contributed by atoms with van der Waals surface area (Å²) in [7, 11) is 0. The SMILES string of the molecule is O=C(NC(c1cccc(Cl)n1)[C@]1(O)CC[C@H](F)CC1)c1cc(C(F)(F)F)ncc1Cl. The molecule has 0 aliphatic heterocycles. The Labute approximate surface area is 179 Å². The lowest BCUT2D eigenvalue weighted by Crippen LogP contribution is -2.49. The third-order valence-corrected chi connectivity index (χ3v) is 5.53. The highest BCUT2D eigenvalue weighted by molar-refractivity contribution is 6.33. The van der Waals surface area contributed by atoms with E-state index in [0.717, 1.165) is 6.20 Å². The second-order valence-electron chi connectivity index (χ2n) is 7.12. The van der Waals surface area contributed by atoms with Crippen LogP contribution in [0, 0.1) is 0 Å². The van der Waals surface area contributed by atoms with E-state index in [9.17, 15) is 27.5 Å². The number of hydrogen-bond acceptors (Lipinski definition) is 4. The van der Waals surface area contributed by atoms with Crippen molar-refractivity contribution in [3.05, 3.63) is 57.6 Å². The molecule has 1 saturated carbocycles. The molecule has 162 valence electrons. The second-order valence-corrected chi connectivity index (χ2v) is 7.91. The van der Waals surface area contributed by atoms with Gasteiger partial charge in [0, 0.05) is 6.20 Å². The first-order valence-electron chi connectivity index (χ1n) is 9.02. The summed E-state index contributed by atoms with van der Waals surface area (Å²) >= 11 is 11.8. The molecule has 1 amide bonds. The highest BCUT2D eigenvalue weighted by Crippen LogP contribution is 2.39. The molecule has 3 rings (SSSR count). The largest absolute Gasteiger partial charge is 0.433 e. The van der Waals surface area contributed by atoms with Crippen LogP contribution in [0.2, 0.25) is 10.2 Å². The minimum absolute atomic E-state index is 0.0190. The molecule has 1 aliphatic carbocycles. The van der Waals surface area contributed by atoms with E-state index >= 15 is 0 Å². The van der Waals surface area contributed by atoms with Crippen LogP contribution in [0.5, 0.6) is 0 Å². The van der Waals surface area contributed by atoms with Gasteiger partial charge < -0.3 is 10.4 Å². The van der Waals surface area contributed by atoms with E-state index in [0.29, 0.717) is 6.07 Å². The van der Waals surface area contributed by atoms with E-state index < -0.39 is 41.2 Å². The van der Waals surface area contributed by atoms with E-state index in [1.54, 1.807) is 6.07 Å². The van der Waals surface area contributed by atoms with Gasteiger partial charge in [0.25, 0.3) is 5.91 Å². The highest BCUT2D eigenvalue weighted by Gasteiger charge is 2.43. The molecule has 0 saturated heterocycles. The molecule has 2 aromatic heterocycles. The van der Waals surface area contributed by atoms with Crippen LogP contribution < -0.4 is 5.32 Å². The van der Waals surface area contributed by atoms with Crippen molar-refractivity contribution in [1.82, 2.24) is 15.3 Å². The molecule has 1 aliphatic rings. The van der Waals surface area contributed by atoms with Gasteiger partial charge in [-0.3, -0.25) is 9.78 Å². The average molecular weight is 466 g/mol. The minimum atomic E-state index is -4.77. The monoisotopic (exact) mass is 465 g/mol. The van der Waals surface area contributed by atoms with Crippen molar-refractivity contribution < 1.29 is 27.5 Å². The number of hydrogen-bond donors (Lipinski definition) is 2. The van der Waals surface area contributed by atoms with Crippen LogP contribution in [0.3, 0.4) is 0 Å². The lowest BCUT2D eigenvalue weighted by molar-refractivity contribution is -0.141. The minimum Gasteiger partial charge on any atom is -0.387 e. The van der Waals surface area contributed by atoms with Crippen LogP contribution in [0.25, 0.3) is 0 Å². The topological polar surface area (TPSA) is 75.1 Å². The molecule has 1 fully saturated rings. The van der Waals surface area contributed by atoms with Crippen molar-refractivity contribution >= 4 is 29.1 Å². The Bertz CT molecular complexity index is 934. The van der Waals surface area contributed by atoms with Crippen LogP contribution in [0.1, 0.15) is 53.5 Å². The number of rotatable bonds is 4. The summed E-state index contributed by atoms with van der Waals surface area (Å²) in [4.78, 5) is 20.1. The maximum absolute atomic E-state index is 13.6. The smallest absolute Gasteiger partial charge is 0.387 e. The average Bonchev–Trinajstić information content (AvgIpc) is 2.67. The number of amides is 1. The van der Waals surface area contributed by atoms with Gasteiger partial charge in [0.05, 0.1) is 21.9 Å². The first kappa shape index (κ1) is 22.7. The van der Waals surface area contributed by atoms with Gasteiger partial charge in [0.2, 0.25) is 0 Å². The van der Waals surface area contributed by atoms with Gasteiger partial charge in [0.15, 0.2) is 0 Å². The lowest BCUT2D eigenvalue weighted by Gasteiger charge is -2.40. The molecular weight excluding hydrogens is 449 g/mol. The molecule has 0 aromatic carbocycles. The third kappa shape index (κ3) is 5.01. The molecule has 5 nitrogen and oxygen atoms in total. The predicted octanol–water partition coefficient (Wildman–Crippen LogP) is 4.92. The Morgan fingerprint density at radius 3 is 2.53 bits per heavy atom. The summed E-state index contributed by atoms with van der Waals surface area (Å²) < 4.78 is 52.6. The summed E-state index contributed by atoms with van der Waals surface area (Å²) in [5.41, 5.74) is -3.13. The number of carbonyl (C=O) groups is 1. The fourth-order valence-corrected chi connectivity index (χ4v) is 3.78. The molecular formula is C19H17Cl2F4N3O2. The summed E-state index contributed by atoms with van der Waals surface area (Å²) in [5, 5.41) is 13.5. The molecule has 2 N–H and O–H groups in total. The van der Waals surface area contributed by atoms with Gasteiger partial charge in [-0.25, -0.2) is 9.37 Å². The van der Waals surface area contributed by atoms with Gasteiger partial charge in [-0.15, -0.1) is 0 Å². The molecule has 0 radical (unpaired) electrons. The van der Waals surface area contributed by atoms with Crippen molar-refractivity contribution in [3.8, 4) is 0 Å². The number of aromatic nitrogens is 2. The van der Waals surface area contributed by atoms with E-state index in [4.69, 9.17) is 23.2 Å². The number of nitrogens with zero attached hydrogens (tertiary/aromatic N) is 2. The number of carbonyl (C=O) groups excluding carboxylic acids is 1. The van der Waals surface area contributed by atoms with Crippen LogP contribution in [0.15, 0.2) is 30.5 Å². The van der Waals surface area contributed by atoms with Crippen LogP contribution in [-0.4, -0.2) is 32.8 Å². The fourth-order valence-electron chi connectivity index (χ4n) is 3.42. The van der Waals surface area contributed by atoms with Crippen molar-refractivity contribution in [1.29, 1.82) is 0 Å². The third-order valence-electron chi connectivity index (χ3n) is 5.02. The zero-order valence-corrected chi connectivity index (χ0v) is 16.9. The van der Waals surface area contributed by atoms with E-state index in [1.807, 2.05) is 0 Å². The maximum atomic E-state index is 13.6. The number of pyridine rings is 2. The lowest BCUT2D eigenvalue weighted by atomic mass is 9.77. The highest BCUT2D eigenvalue weighted by atomic mass is 35.5. The first-order valence-corrected chi connectivity index (χ1v) is 9.78. The summed E-state index contributed by atoms with van der Waals surface area (Å²) in [6.45, 7) is 0. The first-order chi connectivity index (χ1) is 14.0. The Balaban J connectivity index is 1.97. The van der Waals surface area contributed by atoms with E-state index in [2.05, 4.69) is 15.3 Å². The molecule has 1 atom stereocenters. The quantitative estimate of drug-likeness (QED) is 0.496. The molecule has 2 heterocycles. The summed E-state index contributed by atoms with van der Waals surface area (Å²) in [6.07, 6.45) is -4.95. The standard InChI is InChI=1S/C19H17Cl2F4N3O2/c20-12-9-26-14(19(23,24)25)8-11(12)17(29)28-16(13-2-1-3-15(21)27-13)18(30)6-4-10(22)5-7-18/h1-3,8-10,16,30H,4-7H2,(H,28,29)/t10-,16?,18-. The van der Waals surface area contributed by atoms with Crippen LogP contribution in [0.4, 0.5) is 17.6 Å². The Hall–Kier alpha value is -1.97. The molecule has 1 unspecified atom stereocenters. The zero-order chi connectivity index (χ0) is 22.1. The fraction of sp³-hybridized carbons (Fsp3) is 0.421. The van der Waals surface area contributed by atoms with Crippen LogP contribution in [-0.2, 0) is 6.18 Å². The Kier molecular flexibility index (Phi) is 6.54. The Morgan fingerprint density at radius 1 is 1.27 bits per heavy atom. The number of nitrogens with one attached hydrogen (secondary N) is 1. The molecule has 2 aromatic rings. The van der Waals surface area contributed by atoms with Gasteiger partial charge in [-0.05, 0) is 43.9 Å². The molecule has 0 bridgehead atoms. The number of alkyl halides is 4. The zero-order valence-electron chi connectivity index (χ0n) is 15.4. The number of halogens is 6. The predicted molar refractivity (Wildman–Crippen MR) is 102 cm³/mol. The van der Waals surface area contributed by atoms with Gasteiger partial charge >= 0.3 is 6.18 Å². The number of aliphatic hydroxyl groups is 1. The maximum Gasteiger partial charge on any atom is 0.433 e. The van der Waals surface area contributed by atoms with Crippen molar-refractivity contribution in [2.45, 2.75) is 49.7 Å². The van der Waals surface area contributed by atoms with E-state index in [1.165, 1.54) is 12.1 Å². The molecule has 30 heavy (non-hydrogen) atoms. The second kappa shape index (κ2) is 8.64. The van der Waals surface area contributed by atoms with Crippen molar-refractivity contribution in [3.63, 3.8) is 0 Å². The molecule has 0 spiro atoms. The van der Waals surface area contributed by atoms with Gasteiger partial charge in [-0.2, -0.15) is 13.2 Å². The van der Waals surface area contributed by atoms with Crippen molar-refractivity contribution in [2.75, 3.05) is 0 Å². The van der Waals surface area contributed by atoms with Gasteiger partial charge in [0.1, 0.15) is 23.1 Å². The van der Waals surface area contributed by atoms with Gasteiger partial charge in [-0.1, -0.05) is 29.3 Å². The summed E-state index contributed by atoms with van der Waals surface area (Å²) in [6, 6.07) is 3.93. The van der Waals surface area contributed by atoms with Crippen molar-refractivity contribution in [2.24, 2.45) is 0 Å². The summed E-state index contributed by atoms with van der Waals surface area (Å²) in [5.74, 6) is -0.963. The molecule has 11 heteroatoms. The Morgan fingerprint density at radius 2 is 1.93 bits per heavy atom. The van der Waals surface area contributed by atoms with Crippen LogP contribution >= 0.6 is 23.2 Å². The normalized spacial score (nSPS) is 23.1. The van der Waals surface area contributed by atoms with E-state index in [-0.39, 0.29) is 41.6 Å².